The third kappa shape index (κ3) is 1.63. The van der Waals surface area contributed by atoms with Crippen molar-refractivity contribution in [3.8, 4) is 0 Å². The van der Waals surface area contributed by atoms with E-state index < -0.39 is 30.4 Å². The lowest BCUT2D eigenvalue weighted by Gasteiger charge is -2.12. The van der Waals surface area contributed by atoms with Crippen molar-refractivity contribution in [2.75, 3.05) is 7.05 Å². The number of halogens is 4. The van der Waals surface area contributed by atoms with Crippen LogP contribution < -0.4 is 0 Å². The van der Waals surface area contributed by atoms with Gasteiger partial charge in [-0.1, -0.05) is 0 Å². The van der Waals surface area contributed by atoms with Gasteiger partial charge in [-0.2, -0.15) is 9.49 Å². The van der Waals surface area contributed by atoms with Crippen molar-refractivity contribution in [2.24, 2.45) is 11.0 Å². The van der Waals surface area contributed by atoms with Gasteiger partial charge in [0.1, 0.15) is 11.6 Å². The minimum Gasteiger partial charge on any atom is -0.266 e. The molecule has 2 unspecified atom stereocenters. The Bertz CT molecular complexity index is 255. The summed E-state index contributed by atoms with van der Waals surface area (Å²) in [4.78, 5) is 10.2. The van der Waals surface area contributed by atoms with Gasteiger partial charge in [0.25, 0.3) is 6.43 Å². The Balaban J connectivity index is 2.93. The van der Waals surface area contributed by atoms with Crippen LogP contribution in [0.5, 0.6) is 0 Å². The zero-order valence-corrected chi connectivity index (χ0v) is 6.55. The normalized spacial score (nSPS) is 28.2. The van der Waals surface area contributed by atoms with E-state index in [0.717, 1.165) is 7.05 Å². The second-order valence-corrected chi connectivity index (χ2v) is 2.55. The fraction of sp³-hybridized carbons (Fsp3) is 0.667. The number of hydrogen-bond donors (Lipinski definition) is 0. The number of hydrazone groups is 1. The Morgan fingerprint density at radius 3 is 2.46 bits per heavy atom. The molecule has 0 aliphatic carbocycles. The van der Waals surface area contributed by atoms with E-state index in [4.69, 9.17) is 0 Å². The second-order valence-electron chi connectivity index (χ2n) is 2.55. The van der Waals surface area contributed by atoms with Crippen molar-refractivity contribution >= 4 is 11.7 Å². The van der Waals surface area contributed by atoms with Crippen molar-refractivity contribution in [3.05, 3.63) is 0 Å². The van der Waals surface area contributed by atoms with Gasteiger partial charge >= 0.3 is 6.04 Å². The van der Waals surface area contributed by atoms with Gasteiger partial charge < -0.3 is 0 Å². The molecule has 0 spiro atoms. The van der Waals surface area contributed by atoms with Crippen LogP contribution in [0.25, 0.3) is 0 Å². The van der Waals surface area contributed by atoms with E-state index in [1.54, 1.807) is 0 Å². The summed E-state index contributed by atoms with van der Waals surface area (Å²) in [6.07, 6.45) is -5.26. The van der Waals surface area contributed by atoms with Gasteiger partial charge in [0.15, 0.2) is 0 Å². The molecule has 2 atom stereocenters. The fourth-order valence-electron chi connectivity index (χ4n) is 1.06. The number of hydrogen-bond acceptors (Lipinski definition) is 3. The molecule has 3 nitrogen and oxygen atoms in total. The zero-order chi connectivity index (χ0) is 10.2. The van der Waals surface area contributed by atoms with Crippen LogP contribution in [0.15, 0.2) is 5.10 Å². The number of nitrogens with zero attached hydrogens (tertiary/aromatic N) is 2. The van der Waals surface area contributed by atoms with Crippen molar-refractivity contribution in [3.63, 3.8) is 0 Å². The molecule has 0 N–H and O–H groups in total. The van der Waals surface area contributed by atoms with Crippen molar-refractivity contribution < 1.29 is 22.4 Å². The average molecular weight is 198 g/mol. The molecule has 74 valence electrons. The summed E-state index contributed by atoms with van der Waals surface area (Å²) in [5.41, 5.74) is -1.05. The summed E-state index contributed by atoms with van der Waals surface area (Å²) in [5.74, 6) is -2.08. The third-order valence-electron chi connectivity index (χ3n) is 1.69. The van der Waals surface area contributed by atoms with Gasteiger partial charge in [0.05, 0.1) is 0 Å². The maximum absolute atomic E-state index is 12.9. The Labute approximate surface area is 71.0 Å². The van der Waals surface area contributed by atoms with Gasteiger partial charge in [-0.3, -0.25) is 9.80 Å². The molecule has 0 fully saturated rings. The molecule has 0 radical (unpaired) electrons. The first kappa shape index (κ1) is 9.94. The van der Waals surface area contributed by atoms with Crippen LogP contribution in [0, 0.1) is 5.92 Å². The molecule has 7 heteroatoms. The predicted molar refractivity (Wildman–Crippen MR) is 35.7 cm³/mol. The number of rotatable bonds is 2. The lowest BCUT2D eigenvalue weighted by Crippen LogP contribution is -2.33. The molecule has 0 saturated carbocycles. The quantitative estimate of drug-likeness (QED) is 0.376. The van der Waals surface area contributed by atoms with Crippen LogP contribution >= 0.6 is 0 Å². The summed E-state index contributed by atoms with van der Waals surface area (Å²) in [6.45, 7) is 0. The highest BCUT2D eigenvalue weighted by molar-refractivity contribution is 6.05. The maximum Gasteiger partial charge on any atom is 0.315 e. The summed E-state index contributed by atoms with van der Waals surface area (Å²) >= 11 is 0. The first-order chi connectivity index (χ1) is 5.95. The van der Waals surface area contributed by atoms with Gasteiger partial charge in [-0.25, -0.2) is 13.2 Å². The molecule has 1 aliphatic heterocycles. The molecule has 0 amide bonds. The second kappa shape index (κ2) is 3.31. The van der Waals surface area contributed by atoms with Crippen LogP contribution in [-0.2, 0) is 4.79 Å². The van der Waals surface area contributed by atoms with Crippen LogP contribution in [0.1, 0.15) is 0 Å². The first-order valence-electron chi connectivity index (χ1n) is 3.38. The Morgan fingerprint density at radius 2 is 2.15 bits per heavy atom. The molecular formula is C6H6F4N2O. The smallest absolute Gasteiger partial charge is 0.266 e. The Kier molecular flexibility index (Phi) is 2.53. The molecule has 0 bridgehead atoms. The summed E-state index contributed by atoms with van der Waals surface area (Å²) in [7, 11) is 1.05. The highest BCUT2D eigenvalue weighted by atomic mass is 19.3. The number of carbonyl (C=O) groups excluding carboxylic acids is 1. The molecular weight excluding hydrogens is 192 g/mol. The third-order valence-corrected chi connectivity index (χ3v) is 1.69. The van der Waals surface area contributed by atoms with E-state index in [0.29, 0.717) is 5.01 Å². The highest BCUT2D eigenvalue weighted by Gasteiger charge is 2.45. The van der Waals surface area contributed by atoms with Gasteiger partial charge in [-0.05, 0) is 0 Å². The monoisotopic (exact) mass is 198 g/mol. The Hall–Kier alpha value is -1.14. The minimum absolute atomic E-state index is 0.504. The minimum atomic E-state index is -3.12. The lowest BCUT2D eigenvalue weighted by atomic mass is 10.1. The van der Waals surface area contributed by atoms with E-state index in [9.17, 15) is 22.4 Å². The molecule has 0 aromatic rings. The lowest BCUT2D eigenvalue weighted by molar-refractivity contribution is -0.134. The van der Waals surface area contributed by atoms with E-state index >= 15 is 0 Å². The number of carbonyl (C=O) groups is 1. The predicted octanol–water partition coefficient (Wildman–Crippen LogP) is 0.961. The van der Waals surface area contributed by atoms with Crippen molar-refractivity contribution in [2.45, 2.75) is 12.7 Å². The summed E-state index contributed by atoms with van der Waals surface area (Å²) in [5, 5.41) is 3.54. The molecule has 0 aromatic carbocycles. The molecule has 13 heavy (non-hydrogen) atoms. The summed E-state index contributed by atoms with van der Waals surface area (Å²) in [6, 6.07) is -2.13. The van der Waals surface area contributed by atoms with Gasteiger partial charge in [0, 0.05) is 7.05 Å². The van der Waals surface area contributed by atoms with E-state index in [1.165, 1.54) is 0 Å². The molecule has 1 aliphatic rings. The van der Waals surface area contributed by atoms with Crippen LogP contribution in [-0.4, -0.2) is 36.5 Å². The standard InChI is InChI=1S/C6H6F4N2O/c1-12-5(9)2(6(10)13)3(11-12)4(7)8/h2,4-5H,1H3. The SMILES string of the molecule is CN1N=C(C(F)F)C(C(=O)F)C1F. The van der Waals surface area contributed by atoms with Crippen molar-refractivity contribution in [1.82, 2.24) is 5.01 Å². The highest BCUT2D eigenvalue weighted by Crippen LogP contribution is 2.26. The first-order valence-corrected chi connectivity index (χ1v) is 3.38. The topological polar surface area (TPSA) is 32.7 Å². The van der Waals surface area contributed by atoms with Crippen molar-refractivity contribution in [1.29, 1.82) is 0 Å². The zero-order valence-electron chi connectivity index (χ0n) is 6.55. The molecule has 0 saturated heterocycles. The summed E-state index contributed by atoms with van der Waals surface area (Å²) < 4.78 is 49.1. The van der Waals surface area contributed by atoms with Gasteiger partial charge in [-0.15, -0.1) is 0 Å². The molecule has 1 rings (SSSR count). The van der Waals surface area contributed by atoms with Crippen LogP contribution in [0.3, 0.4) is 0 Å². The largest absolute Gasteiger partial charge is 0.315 e. The van der Waals surface area contributed by atoms with E-state index in [-0.39, 0.29) is 0 Å². The number of alkyl halides is 3. The molecule has 1 heterocycles. The molecule has 0 aromatic heterocycles. The maximum atomic E-state index is 12.9. The van der Waals surface area contributed by atoms with Gasteiger partial charge in [0.2, 0.25) is 6.30 Å². The van der Waals surface area contributed by atoms with Crippen LogP contribution in [0.2, 0.25) is 0 Å². The van der Waals surface area contributed by atoms with E-state index in [2.05, 4.69) is 5.10 Å². The van der Waals surface area contributed by atoms with E-state index in [1.807, 2.05) is 0 Å². The van der Waals surface area contributed by atoms with Crippen LogP contribution in [0.4, 0.5) is 17.6 Å². The Morgan fingerprint density at radius 1 is 1.62 bits per heavy atom. The average Bonchev–Trinajstić information content (AvgIpc) is 2.28. The fourth-order valence-corrected chi connectivity index (χ4v) is 1.06.